The van der Waals surface area contributed by atoms with E-state index in [2.05, 4.69) is 30.9 Å². The van der Waals surface area contributed by atoms with Crippen molar-refractivity contribution >= 4 is 5.78 Å². The molecular formula is C17H25NO. The highest BCUT2D eigenvalue weighted by molar-refractivity contribution is 5.97. The average molecular weight is 259 g/mol. The molecule has 1 heterocycles. The first-order chi connectivity index (χ1) is 9.22. The zero-order chi connectivity index (χ0) is 13.7. The predicted octanol–water partition coefficient (Wildman–Crippen LogP) is 3.55. The molecule has 1 aromatic rings. The first-order valence-corrected chi connectivity index (χ1v) is 7.57. The van der Waals surface area contributed by atoms with E-state index in [-0.39, 0.29) is 5.78 Å². The van der Waals surface area contributed by atoms with Gasteiger partial charge in [-0.05, 0) is 30.9 Å². The zero-order valence-electron chi connectivity index (χ0n) is 12.2. The van der Waals surface area contributed by atoms with E-state index < -0.39 is 0 Å². The molecule has 0 bridgehead atoms. The van der Waals surface area contributed by atoms with Crippen molar-refractivity contribution in [3.8, 4) is 0 Å². The molecule has 1 saturated heterocycles. The minimum atomic E-state index is 0.264. The van der Waals surface area contributed by atoms with Crippen molar-refractivity contribution in [2.24, 2.45) is 5.92 Å². The number of hydrogen-bond acceptors (Lipinski definition) is 2. The summed E-state index contributed by atoms with van der Waals surface area (Å²) >= 11 is 0. The average Bonchev–Trinajstić information content (AvgIpc) is 2.87. The number of nitrogens with zero attached hydrogens (tertiary/aromatic N) is 1. The monoisotopic (exact) mass is 259 g/mol. The Morgan fingerprint density at radius 1 is 1.26 bits per heavy atom. The second-order valence-corrected chi connectivity index (χ2v) is 5.67. The van der Waals surface area contributed by atoms with Gasteiger partial charge in [0.05, 0.1) is 6.54 Å². The molecule has 0 amide bonds. The number of likely N-dealkylation sites (tertiary alicyclic amines) is 1. The molecule has 1 aliphatic rings. The summed E-state index contributed by atoms with van der Waals surface area (Å²) in [5.74, 6) is 1.06. The van der Waals surface area contributed by atoms with Gasteiger partial charge in [0.1, 0.15) is 0 Å². The van der Waals surface area contributed by atoms with E-state index in [1.807, 2.05) is 12.1 Å². The van der Waals surface area contributed by atoms with Crippen LogP contribution in [0.15, 0.2) is 24.3 Å². The van der Waals surface area contributed by atoms with Crippen LogP contribution in [-0.2, 0) is 6.42 Å². The van der Waals surface area contributed by atoms with E-state index in [1.54, 1.807) is 0 Å². The third-order valence-corrected chi connectivity index (χ3v) is 4.13. The maximum atomic E-state index is 12.2. The van der Waals surface area contributed by atoms with Crippen LogP contribution in [0.3, 0.4) is 0 Å². The molecule has 1 aliphatic heterocycles. The summed E-state index contributed by atoms with van der Waals surface area (Å²) in [7, 11) is 0. The third-order valence-electron chi connectivity index (χ3n) is 4.13. The van der Waals surface area contributed by atoms with Gasteiger partial charge in [-0.15, -0.1) is 0 Å². The van der Waals surface area contributed by atoms with Gasteiger partial charge in [-0.25, -0.2) is 0 Å². The molecule has 2 rings (SSSR count). The van der Waals surface area contributed by atoms with Crippen molar-refractivity contribution in [2.75, 3.05) is 19.6 Å². The largest absolute Gasteiger partial charge is 0.296 e. The van der Waals surface area contributed by atoms with Crippen molar-refractivity contribution in [3.05, 3.63) is 35.4 Å². The van der Waals surface area contributed by atoms with E-state index in [0.717, 1.165) is 37.4 Å². The second-order valence-electron chi connectivity index (χ2n) is 5.67. The van der Waals surface area contributed by atoms with Crippen LogP contribution in [-0.4, -0.2) is 30.3 Å². The van der Waals surface area contributed by atoms with Gasteiger partial charge in [0, 0.05) is 12.1 Å². The summed E-state index contributed by atoms with van der Waals surface area (Å²) in [5, 5.41) is 0. The van der Waals surface area contributed by atoms with Gasteiger partial charge in [0.15, 0.2) is 5.78 Å². The quantitative estimate of drug-likeness (QED) is 0.728. The zero-order valence-corrected chi connectivity index (χ0v) is 12.2. The Morgan fingerprint density at radius 3 is 2.58 bits per heavy atom. The van der Waals surface area contributed by atoms with E-state index in [0.29, 0.717) is 6.54 Å². The number of rotatable bonds is 6. The van der Waals surface area contributed by atoms with Gasteiger partial charge in [0.25, 0.3) is 0 Å². The smallest absolute Gasteiger partial charge is 0.176 e. The summed E-state index contributed by atoms with van der Waals surface area (Å²) in [4.78, 5) is 14.5. The Hall–Kier alpha value is -1.15. The highest BCUT2D eigenvalue weighted by atomic mass is 16.1. The Labute approximate surface area is 116 Å². The maximum absolute atomic E-state index is 12.2. The Morgan fingerprint density at radius 2 is 2.00 bits per heavy atom. The lowest BCUT2D eigenvalue weighted by molar-refractivity contribution is 0.0943. The molecule has 104 valence electrons. The predicted molar refractivity (Wildman–Crippen MR) is 79.6 cm³/mol. The van der Waals surface area contributed by atoms with Crippen LogP contribution in [0, 0.1) is 5.92 Å². The van der Waals surface area contributed by atoms with Crippen LogP contribution >= 0.6 is 0 Å². The first kappa shape index (κ1) is 14.3. The summed E-state index contributed by atoms with van der Waals surface area (Å²) in [6.45, 7) is 7.18. The normalized spacial score (nSPS) is 19.8. The van der Waals surface area contributed by atoms with Crippen LogP contribution in [0.1, 0.15) is 49.0 Å². The van der Waals surface area contributed by atoms with Crippen molar-refractivity contribution in [1.82, 2.24) is 4.90 Å². The van der Waals surface area contributed by atoms with Crippen molar-refractivity contribution < 1.29 is 4.79 Å². The van der Waals surface area contributed by atoms with Gasteiger partial charge in [0.2, 0.25) is 0 Å². The standard InChI is InChI=1S/C17H25NO/c1-3-5-15-6-8-16(9-7-15)17(19)13-18-11-10-14(4-2)12-18/h6-9,14H,3-5,10-13H2,1-2H3. The topological polar surface area (TPSA) is 20.3 Å². The fourth-order valence-corrected chi connectivity index (χ4v) is 2.83. The lowest BCUT2D eigenvalue weighted by Gasteiger charge is -2.14. The fourth-order valence-electron chi connectivity index (χ4n) is 2.83. The molecule has 2 heteroatoms. The molecule has 19 heavy (non-hydrogen) atoms. The van der Waals surface area contributed by atoms with Gasteiger partial charge in [-0.3, -0.25) is 9.69 Å². The molecule has 1 aromatic carbocycles. The lowest BCUT2D eigenvalue weighted by Crippen LogP contribution is -2.27. The van der Waals surface area contributed by atoms with Crippen molar-refractivity contribution in [3.63, 3.8) is 0 Å². The van der Waals surface area contributed by atoms with Crippen LogP contribution in [0.2, 0.25) is 0 Å². The Bertz CT molecular complexity index is 410. The maximum Gasteiger partial charge on any atom is 0.176 e. The SMILES string of the molecule is CCCc1ccc(C(=O)CN2CCC(CC)C2)cc1. The minimum absolute atomic E-state index is 0.264. The first-order valence-electron chi connectivity index (χ1n) is 7.57. The lowest BCUT2D eigenvalue weighted by atomic mass is 10.1. The Balaban J connectivity index is 1.89. The number of carbonyl (C=O) groups is 1. The molecule has 2 nitrogen and oxygen atoms in total. The molecular weight excluding hydrogens is 234 g/mol. The van der Waals surface area contributed by atoms with E-state index >= 15 is 0 Å². The summed E-state index contributed by atoms with van der Waals surface area (Å²) in [5.41, 5.74) is 2.19. The summed E-state index contributed by atoms with van der Waals surface area (Å²) in [6, 6.07) is 8.16. The number of aryl methyl sites for hydroxylation is 1. The van der Waals surface area contributed by atoms with Gasteiger partial charge >= 0.3 is 0 Å². The molecule has 1 fully saturated rings. The molecule has 1 atom stereocenters. The van der Waals surface area contributed by atoms with Gasteiger partial charge in [-0.1, -0.05) is 51.0 Å². The van der Waals surface area contributed by atoms with Crippen molar-refractivity contribution in [2.45, 2.75) is 39.5 Å². The fraction of sp³-hybridized carbons (Fsp3) is 0.588. The number of ketones is 1. The highest BCUT2D eigenvalue weighted by Crippen LogP contribution is 2.19. The van der Waals surface area contributed by atoms with Crippen molar-refractivity contribution in [1.29, 1.82) is 0 Å². The molecule has 0 aromatic heterocycles. The van der Waals surface area contributed by atoms with E-state index in [1.165, 1.54) is 18.4 Å². The van der Waals surface area contributed by atoms with Crippen LogP contribution in [0.5, 0.6) is 0 Å². The van der Waals surface area contributed by atoms with Crippen LogP contribution in [0.25, 0.3) is 0 Å². The third kappa shape index (κ3) is 3.90. The number of carbonyl (C=O) groups excluding carboxylic acids is 1. The Kier molecular flexibility index (Phi) is 5.15. The van der Waals surface area contributed by atoms with Crippen LogP contribution in [0.4, 0.5) is 0 Å². The molecule has 0 radical (unpaired) electrons. The van der Waals surface area contributed by atoms with E-state index in [4.69, 9.17) is 0 Å². The summed E-state index contributed by atoms with van der Waals surface area (Å²) < 4.78 is 0. The number of benzene rings is 1. The molecule has 0 aliphatic carbocycles. The molecule has 0 N–H and O–H groups in total. The molecule has 0 saturated carbocycles. The minimum Gasteiger partial charge on any atom is -0.296 e. The molecule has 0 spiro atoms. The van der Waals surface area contributed by atoms with Crippen LogP contribution < -0.4 is 0 Å². The number of Topliss-reactive ketones (excluding diaryl/α,β-unsaturated/α-hetero) is 1. The molecule has 1 unspecified atom stereocenters. The van der Waals surface area contributed by atoms with Gasteiger partial charge < -0.3 is 0 Å². The second kappa shape index (κ2) is 6.85. The van der Waals surface area contributed by atoms with Gasteiger partial charge in [-0.2, -0.15) is 0 Å². The summed E-state index contributed by atoms with van der Waals surface area (Å²) in [6.07, 6.45) is 4.73. The van der Waals surface area contributed by atoms with E-state index in [9.17, 15) is 4.79 Å². The number of hydrogen-bond donors (Lipinski definition) is 0. The highest BCUT2D eigenvalue weighted by Gasteiger charge is 2.22.